The molecule has 21 heavy (non-hydrogen) atoms. The van der Waals surface area contributed by atoms with Crippen LogP contribution in [0.1, 0.15) is 44.2 Å². The van der Waals surface area contributed by atoms with Crippen molar-refractivity contribution in [1.29, 1.82) is 0 Å². The van der Waals surface area contributed by atoms with Crippen LogP contribution in [0.4, 0.5) is 0 Å². The van der Waals surface area contributed by atoms with Crippen LogP contribution in [0.5, 0.6) is 5.75 Å². The van der Waals surface area contributed by atoms with Crippen molar-refractivity contribution < 1.29 is 4.74 Å². The predicted molar refractivity (Wildman–Crippen MR) is 91.8 cm³/mol. The van der Waals surface area contributed by atoms with E-state index in [1.165, 1.54) is 24.8 Å². The van der Waals surface area contributed by atoms with Gasteiger partial charge in [0, 0.05) is 6.54 Å². The highest BCUT2D eigenvalue weighted by atomic mass is 32.1. The highest BCUT2D eigenvalue weighted by Crippen LogP contribution is 2.30. The Bertz CT molecular complexity index is 514. The summed E-state index contributed by atoms with van der Waals surface area (Å²) in [5, 5.41) is 0. The number of methoxy groups -OCH3 is 1. The van der Waals surface area contributed by atoms with Gasteiger partial charge < -0.3 is 10.5 Å². The Hall–Kier alpha value is -1.13. The summed E-state index contributed by atoms with van der Waals surface area (Å²) >= 11 is 5.12. The fraction of sp³-hybridized carbons (Fsp3) is 0.588. The summed E-state index contributed by atoms with van der Waals surface area (Å²) in [5.74, 6) is 0.753. The number of nitrogens with two attached hydrogens (primary N) is 1. The van der Waals surface area contributed by atoms with Crippen molar-refractivity contribution in [2.45, 2.75) is 39.7 Å². The third-order valence-electron chi connectivity index (χ3n) is 4.37. The van der Waals surface area contributed by atoms with E-state index in [2.05, 4.69) is 30.9 Å². The zero-order valence-electron chi connectivity index (χ0n) is 13.3. The van der Waals surface area contributed by atoms with Gasteiger partial charge in [-0.25, -0.2) is 0 Å². The molecule has 0 saturated carbocycles. The number of hydrogen-bond donors (Lipinski definition) is 1. The lowest BCUT2D eigenvalue weighted by Gasteiger charge is -2.23. The van der Waals surface area contributed by atoms with Gasteiger partial charge in [0.1, 0.15) is 10.7 Å². The van der Waals surface area contributed by atoms with Gasteiger partial charge in [0.2, 0.25) is 0 Å². The average Bonchev–Trinajstić information content (AvgIpc) is 2.60. The number of hydrogen-bond acceptors (Lipinski definition) is 3. The van der Waals surface area contributed by atoms with Gasteiger partial charge >= 0.3 is 0 Å². The second-order valence-electron chi connectivity index (χ2n) is 6.69. The number of ether oxygens (including phenoxy) is 1. The van der Waals surface area contributed by atoms with Gasteiger partial charge in [0.15, 0.2) is 0 Å². The maximum absolute atomic E-state index is 5.79. The van der Waals surface area contributed by atoms with E-state index in [1.807, 2.05) is 6.07 Å². The molecule has 0 aliphatic carbocycles. The van der Waals surface area contributed by atoms with E-state index in [0.29, 0.717) is 10.4 Å². The van der Waals surface area contributed by atoms with Gasteiger partial charge in [-0.1, -0.05) is 32.1 Å². The van der Waals surface area contributed by atoms with Crippen LogP contribution in [0.25, 0.3) is 0 Å². The summed E-state index contributed by atoms with van der Waals surface area (Å²) in [6.07, 6.45) is 3.83. The Morgan fingerprint density at radius 1 is 1.33 bits per heavy atom. The van der Waals surface area contributed by atoms with Crippen molar-refractivity contribution in [3.05, 3.63) is 29.3 Å². The van der Waals surface area contributed by atoms with Gasteiger partial charge in [-0.05, 0) is 55.5 Å². The maximum atomic E-state index is 5.79. The van der Waals surface area contributed by atoms with E-state index in [1.54, 1.807) is 7.11 Å². The first-order chi connectivity index (χ1) is 9.91. The maximum Gasteiger partial charge on any atom is 0.129 e. The highest BCUT2D eigenvalue weighted by molar-refractivity contribution is 7.80. The monoisotopic (exact) mass is 306 g/mol. The molecule has 3 nitrogen and oxygen atoms in total. The SMILES string of the molecule is COc1ccc(CN2CCCC(C)(C)CC2)cc1C(N)=S. The Balaban J connectivity index is 2.09. The molecule has 0 spiro atoms. The molecule has 0 aromatic heterocycles. The van der Waals surface area contributed by atoms with Crippen molar-refractivity contribution in [3.8, 4) is 5.75 Å². The summed E-state index contributed by atoms with van der Waals surface area (Å²) in [4.78, 5) is 2.92. The summed E-state index contributed by atoms with van der Waals surface area (Å²) in [6, 6.07) is 6.14. The molecule has 2 N–H and O–H groups in total. The molecule has 4 heteroatoms. The number of benzene rings is 1. The lowest BCUT2D eigenvalue weighted by Crippen LogP contribution is -2.25. The molecule has 2 rings (SSSR count). The quantitative estimate of drug-likeness (QED) is 0.866. The molecule has 1 aliphatic rings. The Morgan fingerprint density at radius 2 is 2.10 bits per heavy atom. The zero-order valence-corrected chi connectivity index (χ0v) is 14.1. The molecule has 0 radical (unpaired) electrons. The second-order valence-corrected chi connectivity index (χ2v) is 7.13. The smallest absolute Gasteiger partial charge is 0.129 e. The van der Waals surface area contributed by atoms with Gasteiger partial charge in [0.25, 0.3) is 0 Å². The summed E-state index contributed by atoms with van der Waals surface area (Å²) < 4.78 is 5.32. The normalized spacial score (nSPS) is 19.0. The van der Waals surface area contributed by atoms with Crippen molar-refractivity contribution in [3.63, 3.8) is 0 Å². The number of rotatable bonds is 4. The van der Waals surface area contributed by atoms with Gasteiger partial charge in [-0.15, -0.1) is 0 Å². The molecular weight excluding hydrogens is 280 g/mol. The third-order valence-corrected chi connectivity index (χ3v) is 4.59. The van der Waals surface area contributed by atoms with Crippen LogP contribution >= 0.6 is 12.2 Å². The lowest BCUT2D eigenvalue weighted by atomic mass is 9.85. The summed E-state index contributed by atoms with van der Waals surface area (Å²) in [5.41, 5.74) is 8.34. The minimum absolute atomic E-state index is 0.394. The summed E-state index contributed by atoms with van der Waals surface area (Å²) in [7, 11) is 1.65. The molecule has 1 aromatic rings. The third kappa shape index (κ3) is 4.42. The zero-order chi connectivity index (χ0) is 15.5. The number of likely N-dealkylation sites (tertiary alicyclic amines) is 1. The molecule has 0 unspecified atom stereocenters. The van der Waals surface area contributed by atoms with Crippen molar-refractivity contribution in [2.24, 2.45) is 11.1 Å². The minimum atomic E-state index is 0.394. The van der Waals surface area contributed by atoms with Crippen LogP contribution < -0.4 is 10.5 Å². The Morgan fingerprint density at radius 3 is 2.76 bits per heavy atom. The Kier molecular flexibility index (Phi) is 5.22. The molecule has 116 valence electrons. The fourth-order valence-electron chi connectivity index (χ4n) is 2.94. The van der Waals surface area contributed by atoms with Crippen LogP contribution in [0.15, 0.2) is 18.2 Å². The molecule has 1 fully saturated rings. The largest absolute Gasteiger partial charge is 0.496 e. The van der Waals surface area contributed by atoms with Crippen molar-refractivity contribution in [2.75, 3.05) is 20.2 Å². The van der Waals surface area contributed by atoms with E-state index in [9.17, 15) is 0 Å². The van der Waals surface area contributed by atoms with Crippen LogP contribution in [-0.2, 0) is 6.54 Å². The fourth-order valence-corrected chi connectivity index (χ4v) is 3.10. The van der Waals surface area contributed by atoms with E-state index in [-0.39, 0.29) is 0 Å². The van der Waals surface area contributed by atoms with Gasteiger partial charge in [-0.2, -0.15) is 0 Å². The van der Waals surface area contributed by atoms with Crippen molar-refractivity contribution >= 4 is 17.2 Å². The Labute approximate surface area is 133 Å². The van der Waals surface area contributed by atoms with Crippen LogP contribution in [0, 0.1) is 5.41 Å². The molecule has 1 aliphatic heterocycles. The molecule has 1 aromatic carbocycles. The van der Waals surface area contributed by atoms with Crippen LogP contribution in [0.2, 0.25) is 0 Å². The molecule has 1 saturated heterocycles. The van der Waals surface area contributed by atoms with E-state index < -0.39 is 0 Å². The number of nitrogens with zero attached hydrogens (tertiary/aromatic N) is 1. The van der Waals surface area contributed by atoms with Gasteiger partial charge in [-0.3, -0.25) is 4.90 Å². The average molecular weight is 306 g/mol. The first-order valence-electron chi connectivity index (χ1n) is 7.60. The highest BCUT2D eigenvalue weighted by Gasteiger charge is 2.23. The molecule has 0 bridgehead atoms. The van der Waals surface area contributed by atoms with E-state index >= 15 is 0 Å². The first-order valence-corrected chi connectivity index (χ1v) is 8.01. The predicted octanol–water partition coefficient (Wildman–Crippen LogP) is 3.34. The van der Waals surface area contributed by atoms with Crippen molar-refractivity contribution in [1.82, 2.24) is 4.90 Å². The standard InChI is InChI=1S/C17H26N2OS/c1-17(2)7-4-9-19(10-8-17)12-13-5-6-15(20-3)14(11-13)16(18)21/h5-6,11H,4,7-10,12H2,1-3H3,(H2,18,21). The lowest BCUT2D eigenvalue weighted by molar-refractivity contribution is 0.256. The van der Waals surface area contributed by atoms with Gasteiger partial charge in [0.05, 0.1) is 12.7 Å². The van der Waals surface area contributed by atoms with Crippen LogP contribution in [-0.4, -0.2) is 30.1 Å². The first kappa shape index (κ1) is 16.2. The van der Waals surface area contributed by atoms with Crippen LogP contribution in [0.3, 0.4) is 0 Å². The van der Waals surface area contributed by atoms with E-state index in [0.717, 1.165) is 30.9 Å². The minimum Gasteiger partial charge on any atom is -0.496 e. The molecular formula is C17H26N2OS. The topological polar surface area (TPSA) is 38.5 Å². The molecule has 1 heterocycles. The molecule has 0 amide bonds. The second kappa shape index (κ2) is 6.75. The van der Waals surface area contributed by atoms with E-state index in [4.69, 9.17) is 22.7 Å². The molecule has 0 atom stereocenters. The number of thiocarbonyl (C=S) groups is 1. The summed E-state index contributed by atoms with van der Waals surface area (Å²) in [6.45, 7) is 8.01.